The van der Waals surface area contributed by atoms with Crippen molar-refractivity contribution in [2.45, 2.75) is 18.7 Å². The van der Waals surface area contributed by atoms with E-state index in [-0.39, 0.29) is 22.8 Å². The molecule has 0 spiro atoms. The van der Waals surface area contributed by atoms with Crippen LogP contribution in [0, 0.1) is 69.5 Å². The van der Waals surface area contributed by atoms with E-state index in [1.54, 1.807) is 25.3 Å². The van der Waals surface area contributed by atoms with Crippen molar-refractivity contribution in [2.75, 3.05) is 0 Å². The molecule has 2 aliphatic carbocycles. The van der Waals surface area contributed by atoms with Gasteiger partial charge in [0, 0.05) is 23.3 Å². The number of carbonyl (C=O) groups excluding carboxylic acids is 1. The van der Waals surface area contributed by atoms with Crippen LogP contribution in [0.5, 0.6) is 11.5 Å². The van der Waals surface area contributed by atoms with Gasteiger partial charge in [0.15, 0.2) is 0 Å². The van der Waals surface area contributed by atoms with E-state index in [0.29, 0.717) is 27.4 Å². The van der Waals surface area contributed by atoms with Crippen molar-refractivity contribution in [3.8, 4) is 11.5 Å². The average Bonchev–Trinajstić information content (AvgIpc) is 3.44. The van der Waals surface area contributed by atoms with Crippen LogP contribution < -0.4 is 4.74 Å². The van der Waals surface area contributed by atoms with Crippen molar-refractivity contribution in [1.29, 1.82) is 0 Å². The molecule has 0 saturated heterocycles. The Hall–Kier alpha value is -1.62. The van der Waals surface area contributed by atoms with Gasteiger partial charge in [0.05, 0.1) is 16.0 Å². The molecule has 4 rings (SSSR count). The molecule has 0 amide bonds. The molecule has 4 nitrogen and oxygen atoms in total. The predicted molar refractivity (Wildman–Crippen MR) is 117 cm³/mol. The molecule has 0 aliphatic heterocycles. The van der Waals surface area contributed by atoms with Crippen LogP contribution in [-0.2, 0) is 32.7 Å². The van der Waals surface area contributed by atoms with Crippen molar-refractivity contribution in [1.82, 2.24) is 0 Å². The molecule has 1 N–H and O–H groups in total. The van der Waals surface area contributed by atoms with Gasteiger partial charge in [-0.3, -0.25) is 9.00 Å². The number of aromatic hydroxyl groups is 1. The van der Waals surface area contributed by atoms with Gasteiger partial charge in [0.25, 0.3) is 0 Å². The third kappa shape index (κ3) is 7.20. The van der Waals surface area contributed by atoms with Crippen LogP contribution in [0.25, 0.3) is 0 Å². The first-order valence-electron chi connectivity index (χ1n) is 9.38. The van der Waals surface area contributed by atoms with Crippen LogP contribution >= 0.6 is 0 Å². The van der Waals surface area contributed by atoms with Gasteiger partial charge in [-0.25, -0.2) is 0 Å². The minimum atomic E-state index is -1.38. The average molecular weight is 474 g/mol. The predicted octanol–water partition coefficient (Wildman–Crippen LogP) is 4.53. The molecule has 0 heterocycles. The Bertz CT molecular complexity index is 870. The molecule has 2 aromatic rings. The first kappa shape index (κ1) is 25.6. The molecule has 2 aromatic carbocycles. The van der Waals surface area contributed by atoms with Crippen LogP contribution in [-0.4, -0.2) is 15.3 Å². The molecule has 158 valence electrons. The van der Waals surface area contributed by atoms with Crippen LogP contribution in [0.2, 0.25) is 0 Å². The van der Waals surface area contributed by atoms with Gasteiger partial charge in [0.2, 0.25) is 0 Å². The molecule has 31 heavy (non-hydrogen) atoms. The number of carbonyl (C=O) groups is 1. The summed E-state index contributed by atoms with van der Waals surface area (Å²) in [6.45, 7) is 3.28. The number of rotatable bonds is 4. The summed E-state index contributed by atoms with van der Waals surface area (Å²) in [6.07, 6.45) is 15.3. The Morgan fingerprint density at radius 1 is 0.903 bits per heavy atom. The van der Waals surface area contributed by atoms with Gasteiger partial charge in [-0.05, 0) is 88.6 Å². The van der Waals surface area contributed by atoms with E-state index >= 15 is 0 Å². The molecule has 2 fully saturated rings. The second-order valence-electron chi connectivity index (χ2n) is 6.62. The van der Waals surface area contributed by atoms with Crippen LogP contribution in [0.15, 0.2) is 47.4 Å². The Labute approximate surface area is 198 Å². The Morgan fingerprint density at radius 2 is 1.52 bits per heavy atom. The number of hydrogen-bond acceptors (Lipinski definition) is 4. The van der Waals surface area contributed by atoms with E-state index in [1.807, 2.05) is 63.3 Å². The Morgan fingerprint density at radius 3 is 2.10 bits per heavy atom. The summed E-state index contributed by atoms with van der Waals surface area (Å²) in [5, 5.41) is 10.8. The molecule has 0 aromatic heterocycles. The Balaban J connectivity index is 0.000000501. The maximum atomic E-state index is 12.9. The molecule has 6 heteroatoms. The van der Waals surface area contributed by atoms with E-state index < -0.39 is 16.8 Å². The molecular weight excluding hydrogens is 452 g/mol. The number of esters is 1. The molecule has 2 saturated carbocycles. The zero-order valence-electron chi connectivity index (χ0n) is 17.1. The van der Waals surface area contributed by atoms with Crippen LogP contribution in [0.1, 0.15) is 18.1 Å². The normalized spacial score (nSPS) is 17.4. The molecule has 10 radical (unpaired) electrons. The van der Waals surface area contributed by atoms with E-state index in [4.69, 9.17) is 4.74 Å². The number of hydrogen-bond donors (Lipinski definition) is 1. The third-order valence-electron chi connectivity index (χ3n) is 4.29. The fourth-order valence-corrected chi connectivity index (χ4v) is 4.07. The van der Waals surface area contributed by atoms with Gasteiger partial charge in [-0.2, -0.15) is 0 Å². The van der Waals surface area contributed by atoms with Crippen molar-refractivity contribution >= 4 is 16.8 Å². The summed E-state index contributed by atoms with van der Waals surface area (Å²) >= 11 is 0. The second-order valence-corrected chi connectivity index (χ2v) is 8.07. The molecule has 0 bridgehead atoms. The number of aryl methyl sites for hydroxylation is 1. The van der Waals surface area contributed by atoms with E-state index in [9.17, 15) is 14.1 Å². The van der Waals surface area contributed by atoms with Gasteiger partial charge in [0.1, 0.15) is 11.5 Å². The first-order valence-corrected chi connectivity index (χ1v) is 10.5. The van der Waals surface area contributed by atoms with Crippen molar-refractivity contribution in [3.05, 3.63) is 116 Å². The monoisotopic (exact) mass is 474 g/mol. The van der Waals surface area contributed by atoms with Crippen molar-refractivity contribution in [2.24, 2.45) is 0 Å². The zero-order chi connectivity index (χ0) is 21.5. The maximum Gasteiger partial charge on any atom is 2.00 e. The summed E-state index contributed by atoms with van der Waals surface area (Å²) in [4.78, 5) is 11.8. The summed E-state index contributed by atoms with van der Waals surface area (Å²) in [5.74, 6) is 0.561. The summed E-state index contributed by atoms with van der Waals surface area (Å²) in [6, 6.07) is 12.0. The number of benzene rings is 2. The molecule has 0 unspecified atom stereocenters. The minimum absolute atomic E-state index is 0. The topological polar surface area (TPSA) is 63.6 Å². The second kappa shape index (κ2) is 12.4. The first-order chi connectivity index (χ1) is 14.5. The largest absolute Gasteiger partial charge is 2.00 e. The SMILES string of the molecule is CC(=O)Oc1ccc(O)c([C]2[CH][CH][CH][C]2[S@@](=O)c2ccc(C)cc2)c1.[CH]1[CH][CH][CH][CH]1.[Fe+2]. The maximum absolute atomic E-state index is 12.9. The minimum Gasteiger partial charge on any atom is -0.508 e. The van der Waals surface area contributed by atoms with Crippen LogP contribution in [0.3, 0.4) is 0 Å². The molecule has 2 aliphatic rings. The summed E-state index contributed by atoms with van der Waals surface area (Å²) in [5.41, 5.74) is 1.56. The summed E-state index contributed by atoms with van der Waals surface area (Å²) in [7, 11) is -1.38. The van der Waals surface area contributed by atoms with Crippen molar-refractivity contribution in [3.63, 3.8) is 0 Å². The Kier molecular flexibility index (Phi) is 10.3. The van der Waals surface area contributed by atoms with Crippen molar-refractivity contribution < 1.29 is 35.9 Å². The van der Waals surface area contributed by atoms with E-state index in [1.165, 1.54) is 19.1 Å². The van der Waals surface area contributed by atoms with Crippen LogP contribution in [0.4, 0.5) is 0 Å². The standard InChI is InChI=1S/C20H17O4S.C5H5.Fe/c1-13-6-9-16(10-7-13)25(23)20-5-3-4-17(20)18-12-15(24-14(2)21)8-11-19(18)22;1-2-4-5-3-1;/h3-12,22H,1-2H3;1-5H;/q;;+2/t25-;;/m0../s1. The van der Waals surface area contributed by atoms with Gasteiger partial charge < -0.3 is 9.84 Å². The smallest absolute Gasteiger partial charge is 0.508 e. The quantitative estimate of drug-likeness (QED) is 0.402. The van der Waals surface area contributed by atoms with E-state index in [0.717, 1.165) is 5.56 Å². The van der Waals surface area contributed by atoms with Gasteiger partial charge in [-0.15, -0.1) is 0 Å². The fraction of sp³-hybridized carbons (Fsp3) is 0.0800. The number of phenolic OH excluding ortho intramolecular Hbond substituents is 1. The molecule has 1 atom stereocenters. The summed E-state index contributed by atoms with van der Waals surface area (Å²) < 4.78 is 18.0. The number of phenols is 1. The van der Waals surface area contributed by atoms with E-state index in [2.05, 4.69) is 0 Å². The van der Waals surface area contributed by atoms with Gasteiger partial charge in [-0.1, -0.05) is 17.7 Å². The third-order valence-corrected chi connectivity index (χ3v) is 5.74. The van der Waals surface area contributed by atoms with Gasteiger partial charge >= 0.3 is 23.0 Å². The number of ether oxygens (including phenoxy) is 1. The zero-order valence-corrected chi connectivity index (χ0v) is 19.0. The fourth-order valence-electron chi connectivity index (χ4n) is 2.86. The molecular formula is C25H22FeO4S+2.